The van der Waals surface area contributed by atoms with Crippen molar-refractivity contribution < 1.29 is 9.47 Å². The molecule has 1 aliphatic rings. The van der Waals surface area contributed by atoms with Crippen LogP contribution in [0.1, 0.15) is 23.1 Å². The second-order valence-corrected chi connectivity index (χ2v) is 5.86. The zero-order valence-electron chi connectivity index (χ0n) is 14.4. The van der Waals surface area contributed by atoms with Crippen LogP contribution >= 0.6 is 0 Å². The zero-order chi connectivity index (χ0) is 16.9. The van der Waals surface area contributed by atoms with E-state index in [1.165, 1.54) is 22.3 Å². The van der Waals surface area contributed by atoms with E-state index in [4.69, 9.17) is 9.47 Å². The van der Waals surface area contributed by atoms with E-state index < -0.39 is 0 Å². The van der Waals surface area contributed by atoms with E-state index >= 15 is 0 Å². The Kier molecular flexibility index (Phi) is 4.85. The summed E-state index contributed by atoms with van der Waals surface area (Å²) in [4.78, 5) is 0. The van der Waals surface area contributed by atoms with Crippen LogP contribution in [-0.2, 0) is 0 Å². The monoisotopic (exact) mass is 318 g/mol. The molecular weight excluding hydrogens is 296 g/mol. The van der Waals surface area contributed by atoms with Gasteiger partial charge >= 0.3 is 0 Å². The number of methoxy groups -OCH3 is 2. The Bertz CT molecular complexity index is 808. The van der Waals surface area contributed by atoms with Gasteiger partial charge in [-0.25, -0.2) is 0 Å². The van der Waals surface area contributed by atoms with Crippen molar-refractivity contribution in [1.29, 1.82) is 0 Å². The fraction of sp³-hybridized carbons (Fsp3) is 0.182. The largest absolute Gasteiger partial charge is 0.493 e. The van der Waals surface area contributed by atoms with Crippen molar-refractivity contribution in [3.63, 3.8) is 0 Å². The summed E-state index contributed by atoms with van der Waals surface area (Å²) in [6, 6.07) is 14.7. The lowest BCUT2D eigenvalue weighted by Crippen LogP contribution is -1.92. The smallest absolute Gasteiger partial charge is 0.161 e. The number of benzene rings is 2. The molecule has 1 aliphatic carbocycles. The predicted molar refractivity (Wildman–Crippen MR) is 100 cm³/mol. The second-order valence-electron chi connectivity index (χ2n) is 5.86. The highest BCUT2D eigenvalue weighted by Gasteiger charge is 2.09. The lowest BCUT2D eigenvalue weighted by Gasteiger charge is -2.10. The molecule has 0 saturated heterocycles. The summed E-state index contributed by atoms with van der Waals surface area (Å²) < 4.78 is 10.7. The normalized spacial score (nSPS) is 13.8. The molecule has 0 radical (unpaired) electrons. The molecule has 122 valence electrons. The van der Waals surface area contributed by atoms with Gasteiger partial charge in [-0.3, -0.25) is 0 Å². The topological polar surface area (TPSA) is 18.5 Å². The number of aryl methyl sites for hydroxylation is 1. The van der Waals surface area contributed by atoms with Crippen molar-refractivity contribution in [3.8, 4) is 11.5 Å². The summed E-state index contributed by atoms with van der Waals surface area (Å²) in [6.07, 6.45) is 9.66. The Morgan fingerprint density at radius 1 is 0.792 bits per heavy atom. The van der Waals surface area contributed by atoms with Gasteiger partial charge in [-0.1, -0.05) is 60.2 Å². The fourth-order valence-corrected chi connectivity index (χ4v) is 2.82. The summed E-state index contributed by atoms with van der Waals surface area (Å²) in [6.45, 7) is 2.11. The van der Waals surface area contributed by atoms with E-state index in [0.29, 0.717) is 0 Å². The minimum absolute atomic E-state index is 0.752. The van der Waals surface area contributed by atoms with E-state index in [0.717, 1.165) is 23.5 Å². The van der Waals surface area contributed by atoms with Crippen LogP contribution in [0.15, 0.2) is 66.8 Å². The van der Waals surface area contributed by atoms with E-state index in [1.807, 2.05) is 12.1 Å². The second kappa shape index (κ2) is 7.22. The molecular formula is C22H22O2. The van der Waals surface area contributed by atoms with Crippen molar-refractivity contribution in [1.82, 2.24) is 0 Å². The van der Waals surface area contributed by atoms with Crippen LogP contribution in [0.5, 0.6) is 11.5 Å². The van der Waals surface area contributed by atoms with Crippen LogP contribution in [0.3, 0.4) is 0 Å². The first-order chi connectivity index (χ1) is 11.7. The van der Waals surface area contributed by atoms with Gasteiger partial charge in [0.25, 0.3) is 0 Å². The molecule has 0 fully saturated rings. The van der Waals surface area contributed by atoms with E-state index in [1.54, 1.807) is 14.2 Å². The molecule has 0 aliphatic heterocycles. The Morgan fingerprint density at radius 2 is 1.50 bits per heavy atom. The lowest BCUT2D eigenvalue weighted by atomic mass is 10.0. The van der Waals surface area contributed by atoms with Crippen LogP contribution in [-0.4, -0.2) is 14.2 Å². The molecule has 0 saturated carbocycles. The van der Waals surface area contributed by atoms with Gasteiger partial charge in [-0.15, -0.1) is 0 Å². The maximum Gasteiger partial charge on any atom is 0.161 e. The first-order valence-electron chi connectivity index (χ1n) is 8.08. The van der Waals surface area contributed by atoms with Gasteiger partial charge in [-0.05, 0) is 47.8 Å². The fourth-order valence-electron chi connectivity index (χ4n) is 2.82. The van der Waals surface area contributed by atoms with Crippen LogP contribution < -0.4 is 9.47 Å². The Morgan fingerprint density at radius 3 is 2.21 bits per heavy atom. The molecule has 0 spiro atoms. The van der Waals surface area contributed by atoms with E-state index in [9.17, 15) is 0 Å². The van der Waals surface area contributed by atoms with Crippen LogP contribution in [0.25, 0.3) is 11.1 Å². The molecule has 0 heterocycles. The first-order valence-corrected chi connectivity index (χ1v) is 8.08. The highest BCUT2D eigenvalue weighted by molar-refractivity contribution is 5.81. The molecule has 3 rings (SSSR count). The van der Waals surface area contributed by atoms with Crippen LogP contribution in [0.4, 0.5) is 0 Å². The summed E-state index contributed by atoms with van der Waals surface area (Å²) >= 11 is 0. The van der Waals surface area contributed by atoms with Gasteiger partial charge in [0.2, 0.25) is 0 Å². The van der Waals surface area contributed by atoms with Gasteiger partial charge in [0.05, 0.1) is 14.2 Å². The van der Waals surface area contributed by atoms with Gasteiger partial charge in [0.1, 0.15) is 0 Å². The number of allylic oxidation sites excluding steroid dienone is 6. The third-order valence-electron chi connectivity index (χ3n) is 4.24. The molecule has 2 aromatic carbocycles. The van der Waals surface area contributed by atoms with Crippen molar-refractivity contribution >= 4 is 11.1 Å². The first kappa shape index (κ1) is 16.1. The SMILES string of the molecule is COc1ccc(C2=CC=C(c3ccc(C)cc3)C=CC2)cc1OC. The minimum Gasteiger partial charge on any atom is -0.493 e. The van der Waals surface area contributed by atoms with Crippen molar-refractivity contribution in [3.05, 3.63) is 83.5 Å². The Labute approximate surface area is 143 Å². The summed E-state index contributed by atoms with van der Waals surface area (Å²) in [5.74, 6) is 1.51. The van der Waals surface area contributed by atoms with E-state index in [2.05, 4.69) is 61.6 Å². The minimum atomic E-state index is 0.752. The molecule has 2 heteroatoms. The lowest BCUT2D eigenvalue weighted by molar-refractivity contribution is 0.355. The molecule has 0 unspecified atom stereocenters. The van der Waals surface area contributed by atoms with Gasteiger partial charge in [-0.2, -0.15) is 0 Å². The third kappa shape index (κ3) is 3.43. The summed E-state index contributed by atoms with van der Waals surface area (Å²) in [5.41, 5.74) is 6.15. The van der Waals surface area contributed by atoms with Crippen molar-refractivity contribution in [2.75, 3.05) is 14.2 Å². The highest BCUT2D eigenvalue weighted by Crippen LogP contribution is 2.33. The van der Waals surface area contributed by atoms with Crippen LogP contribution in [0, 0.1) is 6.92 Å². The maximum atomic E-state index is 5.41. The molecule has 0 amide bonds. The van der Waals surface area contributed by atoms with Crippen molar-refractivity contribution in [2.24, 2.45) is 0 Å². The average Bonchev–Trinajstić information content (AvgIpc) is 2.88. The van der Waals surface area contributed by atoms with Gasteiger partial charge in [0, 0.05) is 0 Å². The average molecular weight is 318 g/mol. The number of hydrogen-bond donors (Lipinski definition) is 0. The molecule has 0 bridgehead atoms. The molecule has 0 N–H and O–H groups in total. The quantitative estimate of drug-likeness (QED) is 0.747. The maximum absolute atomic E-state index is 5.41. The Hall–Kier alpha value is -2.74. The molecule has 2 aromatic rings. The van der Waals surface area contributed by atoms with Gasteiger partial charge < -0.3 is 9.47 Å². The van der Waals surface area contributed by atoms with Crippen LogP contribution in [0.2, 0.25) is 0 Å². The zero-order valence-corrected chi connectivity index (χ0v) is 14.4. The number of ether oxygens (including phenoxy) is 2. The highest BCUT2D eigenvalue weighted by atomic mass is 16.5. The molecule has 0 atom stereocenters. The third-order valence-corrected chi connectivity index (χ3v) is 4.24. The molecule has 0 aromatic heterocycles. The van der Waals surface area contributed by atoms with Gasteiger partial charge in [0.15, 0.2) is 11.5 Å². The standard InChI is InChI=1S/C22H22O2/c1-16-7-9-19(10-8-16)17-5-4-6-18(12-11-17)20-13-14-21(23-2)22(15-20)24-3/h4-5,7-15H,6H2,1-3H3. The van der Waals surface area contributed by atoms with E-state index in [-0.39, 0.29) is 0 Å². The Balaban J connectivity index is 1.93. The summed E-state index contributed by atoms with van der Waals surface area (Å²) in [7, 11) is 3.32. The number of rotatable bonds is 4. The molecule has 24 heavy (non-hydrogen) atoms. The summed E-state index contributed by atoms with van der Waals surface area (Å²) in [5, 5.41) is 0. The molecule has 2 nitrogen and oxygen atoms in total. The number of hydrogen-bond acceptors (Lipinski definition) is 2. The van der Waals surface area contributed by atoms with Crippen molar-refractivity contribution in [2.45, 2.75) is 13.3 Å². The predicted octanol–water partition coefficient (Wildman–Crippen LogP) is 5.44.